The molecule has 2 amide bonds. The van der Waals surface area contributed by atoms with Gasteiger partial charge in [0.15, 0.2) is 6.10 Å². The lowest BCUT2D eigenvalue weighted by atomic mass is 9.87. The maximum absolute atomic E-state index is 13.7. The predicted molar refractivity (Wildman–Crippen MR) is 132 cm³/mol. The topological polar surface area (TPSA) is 49.9 Å². The maximum Gasteiger partial charge on any atom is 0.263 e. The highest BCUT2D eigenvalue weighted by molar-refractivity contribution is 5.81. The minimum Gasteiger partial charge on any atom is -0.481 e. The van der Waals surface area contributed by atoms with Crippen LogP contribution in [0.25, 0.3) is 0 Å². The number of likely N-dealkylation sites (N-methyl/N-ethyl adjacent to an activating group) is 1. The zero-order valence-corrected chi connectivity index (χ0v) is 21.0. The van der Waals surface area contributed by atoms with Crippen molar-refractivity contribution in [3.8, 4) is 5.75 Å². The Bertz CT molecular complexity index is 986. The van der Waals surface area contributed by atoms with Gasteiger partial charge in [0, 0.05) is 26.1 Å². The van der Waals surface area contributed by atoms with Crippen LogP contribution in [0.4, 0.5) is 4.39 Å². The molecule has 34 heavy (non-hydrogen) atoms. The van der Waals surface area contributed by atoms with E-state index >= 15 is 0 Å². The van der Waals surface area contributed by atoms with E-state index in [1.807, 2.05) is 57.7 Å². The van der Waals surface area contributed by atoms with Crippen LogP contribution in [0, 0.1) is 11.7 Å². The Kier molecular flexibility index (Phi) is 8.70. The Morgan fingerprint density at radius 3 is 2.35 bits per heavy atom. The van der Waals surface area contributed by atoms with Crippen LogP contribution in [0.3, 0.4) is 0 Å². The number of fused-ring (bicyclic) bond motifs is 1. The summed E-state index contributed by atoms with van der Waals surface area (Å²) in [6, 6.07) is 11.9. The molecule has 184 valence electrons. The van der Waals surface area contributed by atoms with Gasteiger partial charge in [-0.15, -0.1) is 0 Å². The van der Waals surface area contributed by atoms with Crippen LogP contribution in [0.5, 0.6) is 5.75 Å². The van der Waals surface area contributed by atoms with Crippen LogP contribution in [0.1, 0.15) is 70.2 Å². The van der Waals surface area contributed by atoms with Crippen molar-refractivity contribution < 1.29 is 18.7 Å². The van der Waals surface area contributed by atoms with Crippen molar-refractivity contribution in [2.45, 2.75) is 66.0 Å². The largest absolute Gasteiger partial charge is 0.481 e. The molecule has 0 saturated carbocycles. The van der Waals surface area contributed by atoms with Crippen molar-refractivity contribution in [1.29, 1.82) is 0 Å². The van der Waals surface area contributed by atoms with Crippen molar-refractivity contribution in [3.63, 3.8) is 0 Å². The zero-order valence-electron chi connectivity index (χ0n) is 21.0. The molecular weight excluding hydrogens is 431 g/mol. The third-order valence-electron chi connectivity index (χ3n) is 6.43. The number of benzene rings is 2. The average molecular weight is 469 g/mol. The number of rotatable bonds is 9. The van der Waals surface area contributed by atoms with E-state index in [0.29, 0.717) is 38.2 Å². The van der Waals surface area contributed by atoms with Gasteiger partial charge >= 0.3 is 0 Å². The van der Waals surface area contributed by atoms with Crippen molar-refractivity contribution >= 4 is 11.8 Å². The number of amides is 2. The molecule has 0 unspecified atom stereocenters. The number of carbonyl (C=O) groups is 2. The molecule has 3 rings (SSSR count). The summed E-state index contributed by atoms with van der Waals surface area (Å²) in [5, 5.41) is 0. The van der Waals surface area contributed by atoms with E-state index in [0.717, 1.165) is 23.1 Å². The number of nitrogens with zero attached hydrogens (tertiary/aromatic N) is 2. The van der Waals surface area contributed by atoms with E-state index in [-0.39, 0.29) is 29.6 Å². The van der Waals surface area contributed by atoms with Gasteiger partial charge in [-0.2, -0.15) is 0 Å². The molecule has 2 aromatic carbocycles. The lowest BCUT2D eigenvalue weighted by molar-refractivity contribution is -0.138. The van der Waals surface area contributed by atoms with Crippen molar-refractivity contribution in [3.05, 3.63) is 65.0 Å². The van der Waals surface area contributed by atoms with Gasteiger partial charge in [0.2, 0.25) is 5.91 Å². The molecule has 0 aromatic heterocycles. The molecule has 6 heteroatoms. The highest BCUT2D eigenvalue weighted by atomic mass is 19.1. The number of carbonyl (C=O) groups excluding carboxylic acids is 2. The Hall–Kier alpha value is -2.89. The molecule has 1 heterocycles. The number of ether oxygens (including phenoxy) is 1. The number of hydrogen-bond acceptors (Lipinski definition) is 3. The third-order valence-corrected chi connectivity index (χ3v) is 6.43. The monoisotopic (exact) mass is 468 g/mol. The fourth-order valence-electron chi connectivity index (χ4n) is 4.62. The standard InChI is InChI=1S/C28H37FN2O3/c1-6-25(28(33)30(7-2)8-3)34-23-14-11-20-15-16-31(26(32)17-19(4)5)27(24(20)18-23)21-9-12-22(29)13-10-21/h9-14,18-19,25,27H,6-8,15-17H2,1-5H3/t25-,27-/m1/s1. The highest BCUT2D eigenvalue weighted by Crippen LogP contribution is 2.38. The van der Waals surface area contributed by atoms with Crippen LogP contribution in [-0.4, -0.2) is 47.4 Å². The van der Waals surface area contributed by atoms with Crippen LogP contribution >= 0.6 is 0 Å². The first kappa shape index (κ1) is 25.7. The number of halogens is 1. The number of hydrogen-bond donors (Lipinski definition) is 0. The summed E-state index contributed by atoms with van der Waals surface area (Å²) in [5.41, 5.74) is 2.97. The molecule has 2 atom stereocenters. The molecule has 0 saturated heterocycles. The van der Waals surface area contributed by atoms with Gasteiger partial charge in [0.05, 0.1) is 6.04 Å². The minimum absolute atomic E-state index is 0.0194. The first-order valence-corrected chi connectivity index (χ1v) is 12.4. The fourth-order valence-corrected chi connectivity index (χ4v) is 4.62. The second-order valence-electron chi connectivity index (χ2n) is 9.28. The van der Waals surface area contributed by atoms with E-state index in [4.69, 9.17) is 4.74 Å². The first-order valence-electron chi connectivity index (χ1n) is 12.4. The summed E-state index contributed by atoms with van der Waals surface area (Å²) in [7, 11) is 0. The molecular formula is C28H37FN2O3. The Balaban J connectivity index is 1.98. The van der Waals surface area contributed by atoms with Crippen molar-refractivity contribution in [1.82, 2.24) is 9.80 Å². The Morgan fingerprint density at radius 1 is 1.09 bits per heavy atom. The summed E-state index contributed by atoms with van der Waals surface area (Å²) in [6.07, 6.45) is 1.20. The molecule has 0 fully saturated rings. The lowest BCUT2D eigenvalue weighted by Crippen LogP contribution is -2.42. The second kappa shape index (κ2) is 11.5. The van der Waals surface area contributed by atoms with E-state index in [9.17, 15) is 14.0 Å². The van der Waals surface area contributed by atoms with Gasteiger partial charge < -0.3 is 14.5 Å². The van der Waals surface area contributed by atoms with Gasteiger partial charge in [0.25, 0.3) is 5.91 Å². The minimum atomic E-state index is -0.565. The Morgan fingerprint density at radius 2 is 1.76 bits per heavy atom. The molecule has 0 aliphatic carbocycles. The molecule has 0 bridgehead atoms. The van der Waals surface area contributed by atoms with Crippen LogP contribution in [-0.2, 0) is 16.0 Å². The molecule has 5 nitrogen and oxygen atoms in total. The Labute approximate surface area is 202 Å². The van der Waals surface area contributed by atoms with Gasteiger partial charge in [-0.05, 0) is 73.6 Å². The van der Waals surface area contributed by atoms with Gasteiger partial charge in [0.1, 0.15) is 11.6 Å². The molecule has 0 spiro atoms. The quantitative estimate of drug-likeness (QED) is 0.497. The van der Waals surface area contributed by atoms with Crippen molar-refractivity contribution in [2.75, 3.05) is 19.6 Å². The van der Waals surface area contributed by atoms with Gasteiger partial charge in [-0.25, -0.2) is 4.39 Å². The molecule has 0 N–H and O–H groups in total. The maximum atomic E-state index is 13.7. The van der Waals surface area contributed by atoms with Crippen LogP contribution in [0.15, 0.2) is 42.5 Å². The normalized spacial score (nSPS) is 16.2. The molecule has 1 aliphatic heterocycles. The average Bonchev–Trinajstić information content (AvgIpc) is 2.82. The van der Waals surface area contributed by atoms with E-state index < -0.39 is 6.10 Å². The first-order chi connectivity index (χ1) is 16.3. The van der Waals surface area contributed by atoms with E-state index in [1.165, 1.54) is 12.1 Å². The summed E-state index contributed by atoms with van der Waals surface area (Å²) < 4.78 is 19.9. The third kappa shape index (κ3) is 5.78. The van der Waals surface area contributed by atoms with E-state index in [2.05, 4.69) is 0 Å². The summed E-state index contributed by atoms with van der Waals surface area (Å²) in [6.45, 7) is 11.8. The molecule has 2 aromatic rings. The summed E-state index contributed by atoms with van der Waals surface area (Å²) >= 11 is 0. The molecule has 1 aliphatic rings. The fraction of sp³-hybridized carbons (Fsp3) is 0.500. The molecule has 0 radical (unpaired) electrons. The summed E-state index contributed by atoms with van der Waals surface area (Å²) in [5.74, 6) is 0.612. The van der Waals surface area contributed by atoms with Gasteiger partial charge in [-0.1, -0.05) is 39.0 Å². The zero-order chi connectivity index (χ0) is 24.8. The highest BCUT2D eigenvalue weighted by Gasteiger charge is 2.33. The van der Waals surface area contributed by atoms with Gasteiger partial charge in [-0.3, -0.25) is 9.59 Å². The van der Waals surface area contributed by atoms with Crippen LogP contribution < -0.4 is 4.74 Å². The van der Waals surface area contributed by atoms with Crippen molar-refractivity contribution in [2.24, 2.45) is 5.92 Å². The summed E-state index contributed by atoms with van der Waals surface area (Å²) in [4.78, 5) is 29.8. The predicted octanol–water partition coefficient (Wildman–Crippen LogP) is 5.37. The van der Waals surface area contributed by atoms with E-state index in [1.54, 1.807) is 17.0 Å². The second-order valence-corrected chi connectivity index (χ2v) is 9.28. The smallest absolute Gasteiger partial charge is 0.263 e. The lowest BCUT2D eigenvalue weighted by Gasteiger charge is -2.38. The van der Waals surface area contributed by atoms with Crippen LogP contribution in [0.2, 0.25) is 0 Å². The SMILES string of the molecule is CC[C@@H](Oc1ccc2c(c1)[C@@H](c1ccc(F)cc1)N(C(=O)CC(C)C)CC2)C(=O)N(CC)CC.